The molecule has 0 bridgehead atoms. The zero-order chi connectivity index (χ0) is 57.8. The molecule has 6 heteroatoms. The molecule has 1 atom stereocenters. The van der Waals surface area contributed by atoms with E-state index >= 15 is 0 Å². The molecular formula is C74H138O6. The number of unbranched alkanes of at least 4 members (excludes halogenated alkanes) is 50. The summed E-state index contributed by atoms with van der Waals surface area (Å²) in [7, 11) is 0. The van der Waals surface area contributed by atoms with Crippen LogP contribution in [0.25, 0.3) is 0 Å². The highest BCUT2D eigenvalue weighted by atomic mass is 16.6. The second-order valence-corrected chi connectivity index (χ2v) is 24.5. The lowest BCUT2D eigenvalue weighted by Gasteiger charge is -2.18. The van der Waals surface area contributed by atoms with Gasteiger partial charge in [-0.3, -0.25) is 14.4 Å². The summed E-state index contributed by atoms with van der Waals surface area (Å²) in [6.45, 7) is 6.68. The molecule has 0 saturated heterocycles. The third kappa shape index (κ3) is 66.4. The van der Waals surface area contributed by atoms with Crippen molar-refractivity contribution in [3.8, 4) is 0 Å². The summed E-state index contributed by atoms with van der Waals surface area (Å²) in [5.41, 5.74) is 0. The molecule has 0 aliphatic rings. The number of hydrogen-bond acceptors (Lipinski definition) is 6. The maximum absolute atomic E-state index is 13.0. The molecule has 0 aromatic heterocycles. The number of carbonyl (C=O) groups excluding carboxylic acids is 3. The van der Waals surface area contributed by atoms with Crippen molar-refractivity contribution in [2.75, 3.05) is 13.2 Å². The maximum Gasteiger partial charge on any atom is 0.306 e. The molecule has 80 heavy (non-hydrogen) atoms. The number of carbonyl (C=O) groups is 3. The molecule has 6 nitrogen and oxygen atoms in total. The highest BCUT2D eigenvalue weighted by Gasteiger charge is 2.19. The molecular weight excluding hydrogens is 985 g/mol. The third-order valence-electron chi connectivity index (χ3n) is 16.4. The van der Waals surface area contributed by atoms with Gasteiger partial charge in [-0.15, -0.1) is 0 Å². The molecule has 0 heterocycles. The Morgan fingerprint density at radius 3 is 0.725 bits per heavy atom. The average molecular weight is 1120 g/mol. The summed E-state index contributed by atoms with van der Waals surface area (Å²) in [6.07, 6.45) is 86.0. The fourth-order valence-corrected chi connectivity index (χ4v) is 10.9. The first-order valence-electron chi connectivity index (χ1n) is 36.0. The molecule has 0 aliphatic carbocycles. The summed E-state index contributed by atoms with van der Waals surface area (Å²) in [5, 5.41) is 0. The van der Waals surface area contributed by atoms with Crippen LogP contribution in [0.2, 0.25) is 0 Å². The van der Waals surface area contributed by atoms with E-state index in [0.29, 0.717) is 19.3 Å². The normalized spacial score (nSPS) is 12.2. The predicted molar refractivity (Wildman–Crippen MR) is 349 cm³/mol. The molecule has 0 N–H and O–H groups in total. The van der Waals surface area contributed by atoms with E-state index in [-0.39, 0.29) is 31.1 Å². The van der Waals surface area contributed by atoms with E-state index < -0.39 is 6.10 Å². The van der Waals surface area contributed by atoms with Gasteiger partial charge in [-0.2, -0.15) is 0 Å². The van der Waals surface area contributed by atoms with Crippen LogP contribution in [0.3, 0.4) is 0 Å². The second kappa shape index (κ2) is 69.1. The largest absolute Gasteiger partial charge is 0.462 e. The van der Waals surface area contributed by atoms with Crippen molar-refractivity contribution >= 4 is 17.9 Å². The molecule has 0 aromatic carbocycles. The zero-order valence-corrected chi connectivity index (χ0v) is 54.1. The Morgan fingerprint density at radius 1 is 0.250 bits per heavy atom. The molecule has 1 unspecified atom stereocenters. The van der Waals surface area contributed by atoms with Crippen molar-refractivity contribution in [2.45, 2.75) is 406 Å². The van der Waals surface area contributed by atoms with Crippen molar-refractivity contribution < 1.29 is 28.6 Å². The van der Waals surface area contributed by atoms with Crippen LogP contribution >= 0.6 is 0 Å². The van der Waals surface area contributed by atoms with Gasteiger partial charge in [-0.1, -0.05) is 340 Å². The van der Waals surface area contributed by atoms with Crippen molar-refractivity contribution in [1.29, 1.82) is 0 Å². The average Bonchev–Trinajstić information content (AvgIpc) is 3.46. The molecule has 470 valence electrons. The Kier molecular flexibility index (Phi) is 67.1. The molecule has 0 rings (SSSR count). The van der Waals surface area contributed by atoms with Crippen LogP contribution in [0, 0.1) is 0 Å². The summed E-state index contributed by atoms with van der Waals surface area (Å²) >= 11 is 0. The minimum Gasteiger partial charge on any atom is -0.462 e. The van der Waals surface area contributed by atoms with Gasteiger partial charge in [0.1, 0.15) is 13.2 Å². The first-order chi connectivity index (χ1) is 39.5. The Labute approximate surface area is 499 Å². The van der Waals surface area contributed by atoms with E-state index in [1.807, 2.05) is 0 Å². The number of ether oxygens (including phenoxy) is 3. The van der Waals surface area contributed by atoms with Crippen molar-refractivity contribution in [3.63, 3.8) is 0 Å². The van der Waals surface area contributed by atoms with Crippen LogP contribution in [0.15, 0.2) is 36.5 Å². The van der Waals surface area contributed by atoms with E-state index in [2.05, 4.69) is 57.2 Å². The highest BCUT2D eigenvalue weighted by Crippen LogP contribution is 2.19. The fourth-order valence-electron chi connectivity index (χ4n) is 10.9. The molecule has 0 aromatic rings. The molecule has 0 spiro atoms. The monoisotopic (exact) mass is 1120 g/mol. The number of rotatable bonds is 67. The Balaban J connectivity index is 4.27. The van der Waals surface area contributed by atoms with E-state index in [0.717, 1.165) is 77.0 Å². The Hall–Kier alpha value is -2.37. The van der Waals surface area contributed by atoms with Gasteiger partial charge in [0, 0.05) is 19.3 Å². The molecule has 0 amide bonds. The van der Waals surface area contributed by atoms with Crippen LogP contribution in [0.5, 0.6) is 0 Å². The summed E-state index contributed by atoms with van der Waals surface area (Å²) < 4.78 is 17.0. The zero-order valence-electron chi connectivity index (χ0n) is 54.1. The minimum absolute atomic E-state index is 0.0720. The Bertz CT molecular complexity index is 1340. The Morgan fingerprint density at radius 2 is 0.450 bits per heavy atom. The molecule has 0 fully saturated rings. The first kappa shape index (κ1) is 77.6. The topological polar surface area (TPSA) is 78.9 Å². The van der Waals surface area contributed by atoms with Gasteiger partial charge < -0.3 is 14.2 Å². The third-order valence-corrected chi connectivity index (χ3v) is 16.4. The lowest BCUT2D eigenvalue weighted by Crippen LogP contribution is -2.30. The van der Waals surface area contributed by atoms with Gasteiger partial charge in [0.2, 0.25) is 0 Å². The van der Waals surface area contributed by atoms with Gasteiger partial charge in [0.15, 0.2) is 6.10 Å². The first-order valence-corrected chi connectivity index (χ1v) is 36.0. The van der Waals surface area contributed by atoms with Gasteiger partial charge >= 0.3 is 17.9 Å². The van der Waals surface area contributed by atoms with Crippen LogP contribution < -0.4 is 0 Å². The SMILES string of the molecule is CCCCC/C=C\C/C=C\CCCCCCCC(=O)OCC(COC(=O)CCCCCCCCCCCCCCCCCCCCCCCCCC)OC(=O)CCCCCCCCCCCCC/C=C\CCCCCCCCCC. The number of allylic oxidation sites excluding steroid dienone is 6. The van der Waals surface area contributed by atoms with Crippen LogP contribution in [-0.4, -0.2) is 37.2 Å². The van der Waals surface area contributed by atoms with Crippen molar-refractivity contribution in [1.82, 2.24) is 0 Å². The minimum atomic E-state index is -0.778. The van der Waals surface area contributed by atoms with Gasteiger partial charge in [-0.25, -0.2) is 0 Å². The van der Waals surface area contributed by atoms with Gasteiger partial charge in [0.25, 0.3) is 0 Å². The molecule has 0 aliphatic heterocycles. The smallest absolute Gasteiger partial charge is 0.306 e. The quantitative estimate of drug-likeness (QED) is 0.0261. The van der Waals surface area contributed by atoms with E-state index in [1.165, 1.54) is 283 Å². The van der Waals surface area contributed by atoms with Crippen LogP contribution in [0.1, 0.15) is 400 Å². The predicted octanol–water partition coefficient (Wildman–Crippen LogP) is 24.7. The lowest BCUT2D eigenvalue weighted by molar-refractivity contribution is -0.167. The maximum atomic E-state index is 13.0. The van der Waals surface area contributed by atoms with Gasteiger partial charge in [-0.05, 0) is 77.0 Å². The summed E-state index contributed by atoms with van der Waals surface area (Å²) in [5.74, 6) is -0.858. The fraction of sp³-hybridized carbons (Fsp3) is 0.878. The lowest BCUT2D eigenvalue weighted by atomic mass is 10.0. The van der Waals surface area contributed by atoms with Crippen LogP contribution in [-0.2, 0) is 28.6 Å². The van der Waals surface area contributed by atoms with Crippen molar-refractivity contribution in [3.05, 3.63) is 36.5 Å². The number of esters is 3. The van der Waals surface area contributed by atoms with E-state index in [9.17, 15) is 14.4 Å². The van der Waals surface area contributed by atoms with Crippen molar-refractivity contribution in [2.24, 2.45) is 0 Å². The molecule has 0 radical (unpaired) electrons. The summed E-state index contributed by atoms with van der Waals surface area (Å²) in [6, 6.07) is 0. The van der Waals surface area contributed by atoms with Crippen LogP contribution in [0.4, 0.5) is 0 Å². The second-order valence-electron chi connectivity index (χ2n) is 24.5. The van der Waals surface area contributed by atoms with E-state index in [1.54, 1.807) is 0 Å². The molecule has 0 saturated carbocycles. The number of hydrogen-bond donors (Lipinski definition) is 0. The van der Waals surface area contributed by atoms with E-state index in [4.69, 9.17) is 14.2 Å². The highest BCUT2D eigenvalue weighted by molar-refractivity contribution is 5.71. The van der Waals surface area contributed by atoms with Gasteiger partial charge in [0.05, 0.1) is 0 Å². The summed E-state index contributed by atoms with van der Waals surface area (Å²) in [4.78, 5) is 38.5. The standard InChI is InChI=1S/C74H138O6/c1-4-7-10-13-16-19-22-25-28-30-32-34-36-38-39-41-43-46-49-52-55-58-61-64-67-73(76)79-70-71(69-78-72(75)66-63-60-57-54-51-48-45-27-24-21-18-15-12-9-6-3)80-74(77)68-65-62-59-56-53-50-47-44-42-40-37-35-33-31-29-26-23-20-17-14-11-8-5-2/h18,21,27,31,33,45,71H,4-17,19-20,22-26,28-30,32,34-44,46-70H2,1-3H3/b21-18-,33-31-,45-27-.